The lowest BCUT2D eigenvalue weighted by Gasteiger charge is -2.10. The number of nitrogens with one attached hydrogen (secondary N) is 2. The van der Waals surface area contributed by atoms with Gasteiger partial charge < -0.3 is 10.6 Å². The first kappa shape index (κ1) is 16.2. The molecule has 1 amide bonds. The summed E-state index contributed by atoms with van der Waals surface area (Å²) in [5.74, 6) is 0.101. The molecule has 1 saturated heterocycles. The Kier molecular flexibility index (Phi) is 7.87. The van der Waals surface area contributed by atoms with Crippen LogP contribution in [0.1, 0.15) is 18.4 Å². The van der Waals surface area contributed by atoms with Crippen LogP contribution in [0.4, 0.5) is 0 Å². The normalized spacial score (nSPS) is 17.8. The summed E-state index contributed by atoms with van der Waals surface area (Å²) in [5.41, 5.74) is 1.08. The van der Waals surface area contributed by atoms with Crippen molar-refractivity contribution in [1.29, 1.82) is 0 Å². The van der Waals surface area contributed by atoms with Gasteiger partial charge in [0.1, 0.15) is 0 Å². The van der Waals surface area contributed by atoms with E-state index in [4.69, 9.17) is 0 Å². The molecule has 4 nitrogen and oxygen atoms in total. The molecule has 0 unspecified atom stereocenters. The van der Waals surface area contributed by atoms with Crippen molar-refractivity contribution in [1.82, 2.24) is 15.6 Å². The topological polar surface area (TPSA) is 54.0 Å². The van der Waals surface area contributed by atoms with E-state index in [1.165, 1.54) is 0 Å². The maximum Gasteiger partial charge on any atom is 0.237 e. The van der Waals surface area contributed by atoms with Crippen LogP contribution in [-0.4, -0.2) is 23.5 Å². The van der Waals surface area contributed by atoms with E-state index in [2.05, 4.69) is 15.6 Å². The van der Waals surface area contributed by atoms with Crippen LogP contribution in [-0.2, 0) is 11.3 Å². The summed E-state index contributed by atoms with van der Waals surface area (Å²) in [7, 11) is 0. The quantitative estimate of drug-likeness (QED) is 0.876. The molecule has 0 spiro atoms. The lowest BCUT2D eigenvalue weighted by Crippen LogP contribution is -2.39. The molecule has 0 radical (unpaired) electrons. The molecule has 1 fully saturated rings. The minimum Gasteiger partial charge on any atom is -0.351 e. The van der Waals surface area contributed by atoms with Crippen LogP contribution in [0.15, 0.2) is 24.5 Å². The first-order valence-electron chi connectivity index (χ1n) is 5.26. The average Bonchev–Trinajstić information content (AvgIpc) is 2.81. The van der Waals surface area contributed by atoms with E-state index in [1.807, 2.05) is 12.1 Å². The lowest BCUT2D eigenvalue weighted by molar-refractivity contribution is -0.122. The van der Waals surface area contributed by atoms with Crippen molar-refractivity contribution in [3.05, 3.63) is 30.1 Å². The fourth-order valence-corrected chi connectivity index (χ4v) is 1.72. The van der Waals surface area contributed by atoms with E-state index in [1.54, 1.807) is 12.4 Å². The molecule has 0 bridgehead atoms. The van der Waals surface area contributed by atoms with Gasteiger partial charge in [0.25, 0.3) is 0 Å². The summed E-state index contributed by atoms with van der Waals surface area (Å²) in [6.07, 6.45) is 5.50. The molecule has 17 heavy (non-hydrogen) atoms. The molecule has 2 rings (SSSR count). The predicted molar refractivity (Wildman–Crippen MR) is 71.6 cm³/mol. The lowest BCUT2D eigenvalue weighted by atomic mass is 10.2. The largest absolute Gasteiger partial charge is 0.351 e. The first-order chi connectivity index (χ1) is 7.36. The van der Waals surface area contributed by atoms with Gasteiger partial charge in [-0.3, -0.25) is 9.78 Å². The number of nitrogens with zero attached hydrogens (tertiary/aromatic N) is 1. The van der Waals surface area contributed by atoms with Crippen LogP contribution in [0.25, 0.3) is 0 Å². The molecule has 2 heterocycles. The first-order valence-corrected chi connectivity index (χ1v) is 5.26. The molecule has 96 valence electrons. The van der Waals surface area contributed by atoms with E-state index in [0.717, 1.165) is 24.9 Å². The SMILES string of the molecule is Cl.Cl.O=C(NCc1ccncc1)[C@@H]1CCCN1. The zero-order valence-corrected chi connectivity index (χ0v) is 11.0. The van der Waals surface area contributed by atoms with Crippen molar-refractivity contribution < 1.29 is 4.79 Å². The van der Waals surface area contributed by atoms with E-state index in [9.17, 15) is 4.79 Å². The highest BCUT2D eigenvalue weighted by Gasteiger charge is 2.21. The molecule has 1 aliphatic heterocycles. The number of rotatable bonds is 3. The molecular weight excluding hydrogens is 261 g/mol. The number of aromatic nitrogens is 1. The van der Waals surface area contributed by atoms with Gasteiger partial charge in [-0.2, -0.15) is 0 Å². The Labute approximate surface area is 113 Å². The van der Waals surface area contributed by atoms with Crippen molar-refractivity contribution in [3.63, 3.8) is 0 Å². The molecule has 6 heteroatoms. The monoisotopic (exact) mass is 277 g/mol. The minimum absolute atomic E-state index is 0. The van der Waals surface area contributed by atoms with Gasteiger partial charge >= 0.3 is 0 Å². The molecule has 1 aromatic heterocycles. The molecule has 0 aromatic carbocycles. The Morgan fingerprint density at radius 2 is 2.12 bits per heavy atom. The number of hydrogen-bond donors (Lipinski definition) is 2. The van der Waals surface area contributed by atoms with Crippen molar-refractivity contribution in [3.8, 4) is 0 Å². The Bertz CT molecular complexity index is 329. The summed E-state index contributed by atoms with van der Waals surface area (Å²) < 4.78 is 0. The second kappa shape index (κ2) is 8.28. The zero-order chi connectivity index (χ0) is 10.5. The number of amides is 1. The predicted octanol–water partition coefficient (Wildman–Crippen LogP) is 1.29. The summed E-state index contributed by atoms with van der Waals surface area (Å²) in [6, 6.07) is 3.82. The van der Waals surface area contributed by atoms with Crippen LogP contribution >= 0.6 is 24.8 Å². The van der Waals surface area contributed by atoms with Gasteiger partial charge in [0.05, 0.1) is 6.04 Å². The summed E-state index contributed by atoms with van der Waals surface area (Å²) in [6.45, 7) is 1.53. The second-order valence-corrected chi connectivity index (χ2v) is 3.72. The van der Waals surface area contributed by atoms with Gasteiger partial charge in [0.2, 0.25) is 5.91 Å². The highest BCUT2D eigenvalue weighted by Crippen LogP contribution is 2.05. The number of halogens is 2. The molecule has 0 aliphatic carbocycles. The minimum atomic E-state index is 0. The summed E-state index contributed by atoms with van der Waals surface area (Å²) in [4.78, 5) is 15.6. The molecule has 2 N–H and O–H groups in total. The molecule has 0 saturated carbocycles. The van der Waals surface area contributed by atoms with Crippen LogP contribution in [0, 0.1) is 0 Å². The fourth-order valence-electron chi connectivity index (χ4n) is 1.72. The smallest absolute Gasteiger partial charge is 0.237 e. The Morgan fingerprint density at radius 1 is 1.41 bits per heavy atom. The number of hydrogen-bond acceptors (Lipinski definition) is 3. The van der Waals surface area contributed by atoms with Crippen molar-refractivity contribution in [2.75, 3.05) is 6.54 Å². The van der Waals surface area contributed by atoms with E-state index in [-0.39, 0.29) is 36.8 Å². The maximum absolute atomic E-state index is 11.6. The third-order valence-corrected chi connectivity index (χ3v) is 2.59. The van der Waals surface area contributed by atoms with E-state index >= 15 is 0 Å². The molecular formula is C11H17Cl2N3O. The van der Waals surface area contributed by atoms with E-state index < -0.39 is 0 Å². The molecule has 1 aromatic rings. The molecule has 1 aliphatic rings. The van der Waals surface area contributed by atoms with Crippen LogP contribution in [0.3, 0.4) is 0 Å². The summed E-state index contributed by atoms with van der Waals surface area (Å²) >= 11 is 0. The van der Waals surface area contributed by atoms with Gasteiger partial charge in [0, 0.05) is 18.9 Å². The van der Waals surface area contributed by atoms with Gasteiger partial charge in [-0.25, -0.2) is 0 Å². The van der Waals surface area contributed by atoms with Gasteiger partial charge in [-0.15, -0.1) is 24.8 Å². The standard InChI is InChI=1S/C11H15N3O.2ClH/c15-11(10-2-1-5-13-10)14-8-9-3-6-12-7-4-9;;/h3-4,6-7,10,13H,1-2,5,8H2,(H,14,15);2*1H/t10-;;/m0../s1. The highest BCUT2D eigenvalue weighted by molar-refractivity contribution is 5.85. The van der Waals surface area contributed by atoms with Crippen LogP contribution in [0.2, 0.25) is 0 Å². The number of carbonyl (C=O) groups is 1. The second-order valence-electron chi connectivity index (χ2n) is 3.72. The van der Waals surface area contributed by atoms with Gasteiger partial charge in [-0.1, -0.05) is 0 Å². The third-order valence-electron chi connectivity index (χ3n) is 2.59. The summed E-state index contributed by atoms with van der Waals surface area (Å²) in [5, 5.41) is 6.08. The Hall–Kier alpha value is -0.840. The maximum atomic E-state index is 11.6. The number of carbonyl (C=O) groups excluding carboxylic acids is 1. The average molecular weight is 278 g/mol. The van der Waals surface area contributed by atoms with Crippen LogP contribution < -0.4 is 10.6 Å². The highest BCUT2D eigenvalue weighted by atomic mass is 35.5. The Morgan fingerprint density at radius 3 is 2.71 bits per heavy atom. The van der Waals surface area contributed by atoms with Crippen molar-refractivity contribution >= 4 is 30.7 Å². The van der Waals surface area contributed by atoms with Crippen LogP contribution in [0.5, 0.6) is 0 Å². The van der Waals surface area contributed by atoms with Crippen molar-refractivity contribution in [2.45, 2.75) is 25.4 Å². The zero-order valence-electron chi connectivity index (χ0n) is 9.39. The third kappa shape index (κ3) is 4.89. The van der Waals surface area contributed by atoms with Gasteiger partial charge in [-0.05, 0) is 37.1 Å². The molecule has 1 atom stereocenters. The van der Waals surface area contributed by atoms with Crippen molar-refractivity contribution in [2.24, 2.45) is 0 Å². The fraction of sp³-hybridized carbons (Fsp3) is 0.455. The Balaban J connectivity index is 0.00000128. The number of pyridine rings is 1. The van der Waals surface area contributed by atoms with Gasteiger partial charge in [0.15, 0.2) is 0 Å². The van der Waals surface area contributed by atoms with E-state index in [0.29, 0.717) is 6.54 Å².